The van der Waals surface area contributed by atoms with Crippen LogP contribution in [0.15, 0.2) is 27.8 Å². The van der Waals surface area contributed by atoms with E-state index in [1.165, 1.54) is 17.2 Å². The van der Waals surface area contributed by atoms with Crippen LogP contribution in [-0.4, -0.2) is 34.1 Å². The van der Waals surface area contributed by atoms with E-state index in [2.05, 4.69) is 13.8 Å². The van der Waals surface area contributed by atoms with Crippen molar-refractivity contribution in [3.05, 3.63) is 55.7 Å². The van der Waals surface area contributed by atoms with E-state index in [9.17, 15) is 19.2 Å². The summed E-state index contributed by atoms with van der Waals surface area (Å²) in [5.41, 5.74) is 6.37. The fraction of sp³-hybridized carbons (Fsp3) is 0.478. The van der Waals surface area contributed by atoms with Crippen molar-refractivity contribution in [3.63, 3.8) is 0 Å². The van der Waals surface area contributed by atoms with Crippen LogP contribution in [0.3, 0.4) is 0 Å². The number of nitrogens with two attached hydrogens (primary N) is 1. The molecule has 0 aliphatic carbocycles. The second kappa shape index (κ2) is 10.3. The zero-order valence-corrected chi connectivity index (χ0v) is 19.4. The molecule has 0 saturated carbocycles. The molecule has 0 saturated heterocycles. The van der Waals surface area contributed by atoms with Gasteiger partial charge in [-0.05, 0) is 42.0 Å². The van der Waals surface area contributed by atoms with E-state index in [4.69, 9.17) is 15.2 Å². The third-order valence-corrected chi connectivity index (χ3v) is 4.99. The second-order valence-electron chi connectivity index (χ2n) is 8.46. The molecule has 0 fully saturated rings. The highest BCUT2D eigenvalue weighted by atomic mass is 16.6. The summed E-state index contributed by atoms with van der Waals surface area (Å²) >= 11 is 0. The van der Waals surface area contributed by atoms with Gasteiger partial charge in [0.15, 0.2) is 13.2 Å². The fourth-order valence-electron chi connectivity index (χ4n) is 3.37. The van der Waals surface area contributed by atoms with Gasteiger partial charge in [0, 0.05) is 13.6 Å². The lowest BCUT2D eigenvalue weighted by atomic mass is 9.98. The number of carbonyl (C=O) groups excluding carboxylic acids is 2. The lowest BCUT2D eigenvalue weighted by Crippen LogP contribution is -2.43. The van der Waals surface area contributed by atoms with Gasteiger partial charge in [-0.25, -0.2) is 9.59 Å². The van der Waals surface area contributed by atoms with E-state index in [0.717, 1.165) is 10.1 Å². The van der Waals surface area contributed by atoms with Gasteiger partial charge >= 0.3 is 11.7 Å². The first-order chi connectivity index (χ1) is 14.9. The Morgan fingerprint density at radius 1 is 1.09 bits per heavy atom. The van der Waals surface area contributed by atoms with Crippen molar-refractivity contribution in [2.45, 2.75) is 47.1 Å². The zero-order valence-electron chi connectivity index (χ0n) is 19.4. The average Bonchev–Trinajstić information content (AvgIpc) is 2.72. The summed E-state index contributed by atoms with van der Waals surface area (Å²) in [6, 6.07) is 5.54. The maximum atomic E-state index is 12.6. The molecule has 2 aromatic rings. The molecule has 0 radical (unpaired) electrons. The van der Waals surface area contributed by atoms with E-state index in [-0.39, 0.29) is 23.8 Å². The number of nitrogen functional groups attached to an aromatic ring is 1. The molecule has 32 heavy (non-hydrogen) atoms. The monoisotopic (exact) mass is 445 g/mol. The summed E-state index contributed by atoms with van der Waals surface area (Å²) in [5, 5.41) is 0. The van der Waals surface area contributed by atoms with Crippen molar-refractivity contribution in [1.29, 1.82) is 0 Å². The number of nitrogens with zero attached hydrogens (tertiary/aromatic N) is 2. The number of anilines is 1. The topological polar surface area (TPSA) is 123 Å². The molecule has 2 rings (SSSR count). The number of ketones is 1. The van der Waals surface area contributed by atoms with Crippen molar-refractivity contribution in [2.75, 3.05) is 18.9 Å². The Hall–Kier alpha value is -3.36. The molecule has 1 aromatic heterocycles. The molecule has 0 atom stereocenters. The predicted octanol–water partition coefficient (Wildman–Crippen LogP) is 2.02. The third kappa shape index (κ3) is 5.66. The minimum atomic E-state index is -0.828. The molecule has 0 bridgehead atoms. The fourth-order valence-corrected chi connectivity index (χ4v) is 3.37. The molecule has 9 nitrogen and oxygen atoms in total. The highest BCUT2D eigenvalue weighted by molar-refractivity contribution is 6.01. The first-order valence-corrected chi connectivity index (χ1v) is 10.5. The third-order valence-electron chi connectivity index (χ3n) is 4.99. The van der Waals surface area contributed by atoms with E-state index >= 15 is 0 Å². The number of hydrogen-bond donors (Lipinski definition) is 1. The lowest BCUT2D eigenvalue weighted by molar-refractivity contribution is -0.144. The van der Waals surface area contributed by atoms with Crippen molar-refractivity contribution in [3.8, 4) is 5.75 Å². The summed E-state index contributed by atoms with van der Waals surface area (Å²) in [4.78, 5) is 49.4. The number of esters is 1. The Bertz CT molecular complexity index is 1130. The molecule has 0 spiro atoms. The Morgan fingerprint density at radius 3 is 2.31 bits per heavy atom. The molecule has 0 aliphatic rings. The molecule has 1 aromatic carbocycles. The molecule has 0 unspecified atom stereocenters. The molecule has 2 N–H and O–H groups in total. The van der Waals surface area contributed by atoms with Crippen LogP contribution in [0, 0.1) is 12.8 Å². The van der Waals surface area contributed by atoms with Crippen LogP contribution >= 0.6 is 0 Å². The molecule has 9 heteroatoms. The Balaban J connectivity index is 2.07. The van der Waals surface area contributed by atoms with Crippen LogP contribution < -0.4 is 21.7 Å². The van der Waals surface area contributed by atoms with Gasteiger partial charge in [-0.1, -0.05) is 33.8 Å². The number of carbonyl (C=O) groups is 2. The van der Waals surface area contributed by atoms with Crippen molar-refractivity contribution in [2.24, 2.45) is 13.0 Å². The number of ether oxygens (including phenoxy) is 2. The van der Waals surface area contributed by atoms with Crippen LogP contribution in [0.5, 0.6) is 5.75 Å². The standard InChI is InChI=1S/C23H31N3O6/c1-13(2)10-26-21(24)20(22(29)25(6)23(26)30)18(27)11-32-19(28)12-31-16-7-8-17(14(3)4)15(5)9-16/h7-9,13-14H,10-12,24H2,1-6H3. The van der Waals surface area contributed by atoms with E-state index in [1.807, 2.05) is 32.9 Å². The van der Waals surface area contributed by atoms with Gasteiger partial charge in [-0.15, -0.1) is 0 Å². The number of aromatic nitrogens is 2. The van der Waals surface area contributed by atoms with Gasteiger partial charge in [-0.2, -0.15) is 0 Å². The van der Waals surface area contributed by atoms with Crippen molar-refractivity contribution >= 4 is 17.6 Å². The van der Waals surface area contributed by atoms with Crippen LogP contribution in [0.2, 0.25) is 0 Å². The SMILES string of the molecule is Cc1cc(OCC(=O)OCC(=O)c2c(N)n(CC(C)C)c(=O)n(C)c2=O)ccc1C(C)C. The summed E-state index contributed by atoms with van der Waals surface area (Å²) < 4.78 is 12.4. The molecular formula is C23H31N3O6. The minimum Gasteiger partial charge on any atom is -0.482 e. The average molecular weight is 446 g/mol. The number of hydrogen-bond acceptors (Lipinski definition) is 7. The quantitative estimate of drug-likeness (QED) is 0.463. The Morgan fingerprint density at radius 2 is 1.75 bits per heavy atom. The molecule has 0 amide bonds. The highest BCUT2D eigenvalue weighted by Crippen LogP contribution is 2.23. The van der Waals surface area contributed by atoms with Gasteiger partial charge in [0.1, 0.15) is 17.1 Å². The van der Waals surface area contributed by atoms with Gasteiger partial charge in [0.2, 0.25) is 5.78 Å². The van der Waals surface area contributed by atoms with E-state index < -0.39 is 36.2 Å². The summed E-state index contributed by atoms with van der Waals surface area (Å²) in [6.45, 7) is 9.04. The Kier molecular flexibility index (Phi) is 8.02. The van der Waals surface area contributed by atoms with Crippen molar-refractivity contribution < 1.29 is 19.1 Å². The van der Waals surface area contributed by atoms with Gasteiger partial charge in [0.25, 0.3) is 5.56 Å². The summed E-state index contributed by atoms with van der Waals surface area (Å²) in [6.07, 6.45) is 0. The van der Waals surface area contributed by atoms with Gasteiger partial charge < -0.3 is 15.2 Å². The van der Waals surface area contributed by atoms with Crippen LogP contribution in [0.1, 0.15) is 55.1 Å². The first-order valence-electron chi connectivity index (χ1n) is 10.5. The van der Waals surface area contributed by atoms with Gasteiger partial charge in [-0.3, -0.25) is 18.7 Å². The summed E-state index contributed by atoms with van der Waals surface area (Å²) in [7, 11) is 1.27. The lowest BCUT2D eigenvalue weighted by Gasteiger charge is -2.16. The Labute approximate surface area is 186 Å². The first kappa shape index (κ1) is 24.9. The van der Waals surface area contributed by atoms with Gasteiger partial charge in [0.05, 0.1) is 0 Å². The number of benzene rings is 1. The number of rotatable bonds is 9. The maximum Gasteiger partial charge on any atom is 0.344 e. The van der Waals surface area contributed by atoms with Crippen LogP contribution in [0.25, 0.3) is 0 Å². The predicted molar refractivity (Wildman–Crippen MR) is 121 cm³/mol. The molecule has 0 aliphatic heterocycles. The summed E-state index contributed by atoms with van der Waals surface area (Å²) in [5.74, 6) is -0.849. The smallest absolute Gasteiger partial charge is 0.344 e. The number of Topliss-reactive ketones (excluding diaryl/α,β-unsaturated/α-hetero) is 1. The zero-order chi connectivity index (χ0) is 24.2. The number of aryl methyl sites for hydroxylation is 1. The van der Waals surface area contributed by atoms with Crippen molar-refractivity contribution in [1.82, 2.24) is 9.13 Å². The second-order valence-corrected chi connectivity index (χ2v) is 8.46. The van der Waals surface area contributed by atoms with E-state index in [1.54, 1.807) is 6.07 Å². The minimum absolute atomic E-state index is 0.0590. The normalized spacial score (nSPS) is 11.1. The largest absolute Gasteiger partial charge is 0.482 e. The molecular weight excluding hydrogens is 414 g/mol. The maximum absolute atomic E-state index is 12.6. The van der Waals surface area contributed by atoms with E-state index in [0.29, 0.717) is 11.7 Å². The molecule has 174 valence electrons. The van der Waals surface area contributed by atoms with Crippen LogP contribution in [0.4, 0.5) is 5.82 Å². The highest BCUT2D eigenvalue weighted by Gasteiger charge is 2.23. The van der Waals surface area contributed by atoms with Crippen LogP contribution in [-0.2, 0) is 23.1 Å². The molecule has 1 heterocycles.